The Morgan fingerprint density at radius 2 is 1.93 bits per heavy atom. The molecule has 2 aliphatic rings. The third-order valence-corrected chi connectivity index (χ3v) is 5.84. The normalized spacial score (nSPS) is 19.8. The van der Waals surface area contributed by atoms with Crippen LogP contribution >= 0.6 is 11.8 Å². The molecule has 1 aromatic rings. The van der Waals surface area contributed by atoms with Gasteiger partial charge in [-0.1, -0.05) is 30.3 Å². The average Bonchev–Trinajstić information content (AvgIpc) is 2.69. The second kappa shape index (κ2) is 10.3. The number of fused-ring (bicyclic) bond motifs is 1. The van der Waals surface area contributed by atoms with Crippen LogP contribution in [0.25, 0.3) is 0 Å². The van der Waals surface area contributed by atoms with Crippen LogP contribution < -0.4 is 40.0 Å². The quantitative estimate of drug-likeness (QED) is 0.357. The van der Waals surface area contributed by atoms with Crippen molar-refractivity contribution in [2.45, 2.75) is 17.8 Å². The third-order valence-electron chi connectivity index (χ3n) is 4.50. The van der Waals surface area contributed by atoms with Crippen molar-refractivity contribution in [3.8, 4) is 0 Å². The van der Waals surface area contributed by atoms with Gasteiger partial charge in [0.2, 0.25) is 5.91 Å². The van der Waals surface area contributed by atoms with Gasteiger partial charge in [0.15, 0.2) is 0 Å². The van der Waals surface area contributed by atoms with Gasteiger partial charge in [0.25, 0.3) is 5.91 Å². The molecule has 0 saturated carbocycles. The molecule has 154 valence electrons. The molecule has 1 fully saturated rings. The van der Waals surface area contributed by atoms with Crippen LogP contribution in [0.4, 0.5) is 4.79 Å². The summed E-state index contributed by atoms with van der Waals surface area (Å²) in [5.74, 6) is -2.13. The zero-order chi connectivity index (χ0) is 21.1. The summed E-state index contributed by atoms with van der Waals surface area (Å²) in [6.45, 7) is -0.255. The number of thioether (sulfide) groups is 1. The van der Waals surface area contributed by atoms with Gasteiger partial charge >= 0.3 is 35.7 Å². The Balaban J connectivity index is 0.00000320. The summed E-state index contributed by atoms with van der Waals surface area (Å²) in [5, 5.41) is 13.8. The van der Waals surface area contributed by atoms with Crippen LogP contribution in [0, 0.1) is 0 Å². The van der Waals surface area contributed by atoms with Crippen molar-refractivity contribution in [1.29, 1.82) is 0 Å². The molecule has 1 N–H and O–H groups in total. The fraction of sp³-hybridized carbons (Fsp3) is 0.368. The van der Waals surface area contributed by atoms with E-state index < -0.39 is 29.4 Å². The second-order valence-corrected chi connectivity index (χ2v) is 7.91. The number of ether oxygens (including phenoxy) is 1. The summed E-state index contributed by atoms with van der Waals surface area (Å²) < 4.78 is 5.04. The summed E-state index contributed by atoms with van der Waals surface area (Å²) in [6, 6.07) is 8.28. The molecule has 11 heteroatoms. The topological polar surface area (TPSA) is 119 Å². The van der Waals surface area contributed by atoms with Gasteiger partial charge < -0.3 is 24.9 Å². The van der Waals surface area contributed by atoms with Gasteiger partial charge in [0.05, 0.1) is 18.1 Å². The summed E-state index contributed by atoms with van der Waals surface area (Å²) in [7, 11) is 3.01. The number of aliphatic carboxylic acids is 1. The Hall–Kier alpha value is -2.01. The number of carbonyl (C=O) groups is 4. The van der Waals surface area contributed by atoms with Crippen molar-refractivity contribution < 1.29 is 58.6 Å². The van der Waals surface area contributed by atoms with Gasteiger partial charge in [-0.3, -0.25) is 14.5 Å². The van der Waals surface area contributed by atoms with Crippen LogP contribution in [-0.4, -0.2) is 71.5 Å². The van der Waals surface area contributed by atoms with Crippen LogP contribution in [0.5, 0.6) is 0 Å². The molecule has 2 atom stereocenters. The number of hydrogen-bond acceptors (Lipinski definition) is 7. The van der Waals surface area contributed by atoms with Gasteiger partial charge in [-0.2, -0.15) is 0 Å². The third kappa shape index (κ3) is 5.18. The van der Waals surface area contributed by atoms with E-state index in [1.54, 1.807) is 0 Å². The van der Waals surface area contributed by atoms with Crippen molar-refractivity contribution in [3.63, 3.8) is 0 Å². The zero-order valence-electron chi connectivity index (χ0n) is 16.9. The molecule has 1 saturated heterocycles. The first-order valence-corrected chi connectivity index (χ1v) is 9.90. The number of carbonyl (C=O) groups excluding carboxylic acids is 4. The average molecular weight is 441 g/mol. The summed E-state index contributed by atoms with van der Waals surface area (Å²) in [5.41, 5.74) is 0.799. The Bertz CT molecular complexity index is 876. The monoisotopic (exact) mass is 441 g/mol. The number of hydrogen-bond donors (Lipinski definition) is 1. The molecule has 2 heterocycles. The number of amides is 3. The standard InChI is InChI=1S/C19H21N3O6S.Na/c1-21(2)19(27)28-9-12-10-29-17-14(16(24)22(17)15(12)18(25)26)20-13(23)8-11-6-4-3-5-7-11;/h3-7,14,17H,8-10H2,1-2H3,(H,20,23)(H,25,26);/q;+1/p-1/t14?,17-;/m0./s1. The van der Waals surface area contributed by atoms with Crippen LogP contribution in [-0.2, 0) is 25.5 Å². The van der Waals surface area contributed by atoms with Crippen LogP contribution in [0.1, 0.15) is 5.56 Å². The van der Waals surface area contributed by atoms with Gasteiger partial charge in [0.1, 0.15) is 18.0 Å². The van der Waals surface area contributed by atoms with E-state index in [0.29, 0.717) is 0 Å². The molecule has 3 rings (SSSR count). The molecule has 2 aliphatic heterocycles. The number of nitrogens with zero attached hydrogens (tertiary/aromatic N) is 2. The van der Waals surface area contributed by atoms with Crippen LogP contribution in [0.2, 0.25) is 0 Å². The van der Waals surface area contributed by atoms with Crippen molar-refractivity contribution >= 4 is 35.6 Å². The fourth-order valence-electron chi connectivity index (χ4n) is 3.07. The molecule has 0 bridgehead atoms. The van der Waals surface area contributed by atoms with E-state index in [9.17, 15) is 24.3 Å². The van der Waals surface area contributed by atoms with E-state index in [2.05, 4.69) is 5.32 Å². The van der Waals surface area contributed by atoms with Crippen LogP contribution in [0.15, 0.2) is 41.6 Å². The Kier molecular flexibility index (Phi) is 8.36. The molecule has 0 spiro atoms. The number of rotatable bonds is 6. The molecule has 30 heavy (non-hydrogen) atoms. The molecule has 1 unspecified atom stereocenters. The van der Waals surface area contributed by atoms with Gasteiger partial charge in [-0.25, -0.2) is 4.79 Å². The Morgan fingerprint density at radius 1 is 1.27 bits per heavy atom. The number of carboxylic acids is 1. The van der Waals surface area contributed by atoms with Gasteiger partial charge in [0, 0.05) is 25.4 Å². The number of nitrogens with one attached hydrogen (secondary N) is 1. The molecule has 1 aromatic carbocycles. The smallest absolute Gasteiger partial charge is 0.543 e. The van der Waals surface area contributed by atoms with Crippen molar-refractivity contribution in [2.75, 3.05) is 26.5 Å². The van der Waals surface area contributed by atoms with E-state index in [0.717, 1.165) is 10.5 Å². The molecule has 0 aliphatic carbocycles. The summed E-state index contributed by atoms with van der Waals surface area (Å²) in [4.78, 5) is 50.3. The number of benzene rings is 1. The predicted octanol–water partition coefficient (Wildman–Crippen LogP) is -3.66. The summed E-state index contributed by atoms with van der Waals surface area (Å²) >= 11 is 1.30. The molecular formula is C19H20N3NaO6S. The minimum absolute atomic E-state index is 0. The van der Waals surface area contributed by atoms with E-state index in [1.165, 1.54) is 30.8 Å². The first-order chi connectivity index (χ1) is 13.8. The maximum Gasteiger partial charge on any atom is 1.00 e. The molecule has 0 aromatic heterocycles. The summed E-state index contributed by atoms with van der Waals surface area (Å²) in [6.07, 6.45) is -0.500. The molecular weight excluding hydrogens is 421 g/mol. The van der Waals surface area contributed by atoms with E-state index in [4.69, 9.17) is 4.74 Å². The van der Waals surface area contributed by atoms with E-state index in [1.807, 2.05) is 30.3 Å². The number of carboxylic acid groups (broad SMARTS) is 1. The van der Waals surface area contributed by atoms with E-state index in [-0.39, 0.29) is 65.5 Å². The fourth-order valence-corrected chi connectivity index (χ4v) is 4.39. The van der Waals surface area contributed by atoms with Gasteiger partial charge in [-0.15, -0.1) is 11.8 Å². The minimum Gasteiger partial charge on any atom is -0.543 e. The SMILES string of the molecule is CN(C)C(=O)OCC1=C(C(=O)[O-])N2C(=O)C(NC(=O)Cc3ccccc3)[C@@H]2SC1.[Na+]. The first kappa shape index (κ1) is 24.3. The minimum atomic E-state index is -1.52. The largest absolute Gasteiger partial charge is 1.00 e. The van der Waals surface area contributed by atoms with Crippen molar-refractivity contribution in [1.82, 2.24) is 15.1 Å². The first-order valence-electron chi connectivity index (χ1n) is 8.85. The molecule has 3 amide bonds. The zero-order valence-corrected chi connectivity index (χ0v) is 19.7. The Morgan fingerprint density at radius 3 is 2.53 bits per heavy atom. The number of β-lactam (4-membered cyclic amide) rings is 1. The van der Waals surface area contributed by atoms with Gasteiger partial charge in [-0.05, 0) is 5.56 Å². The Labute approximate surface area is 200 Å². The van der Waals surface area contributed by atoms with Crippen LogP contribution in [0.3, 0.4) is 0 Å². The second-order valence-electron chi connectivity index (χ2n) is 6.81. The maximum atomic E-state index is 12.5. The van der Waals surface area contributed by atoms with Crippen molar-refractivity contribution in [2.24, 2.45) is 0 Å². The van der Waals surface area contributed by atoms with E-state index >= 15 is 0 Å². The molecule has 0 radical (unpaired) electrons. The van der Waals surface area contributed by atoms with Crippen molar-refractivity contribution in [3.05, 3.63) is 47.2 Å². The predicted molar refractivity (Wildman–Crippen MR) is 102 cm³/mol. The molecule has 9 nitrogen and oxygen atoms in total. The maximum absolute atomic E-state index is 12.5.